The molecule has 2 nitrogen and oxygen atoms in total. The summed E-state index contributed by atoms with van der Waals surface area (Å²) in [5.74, 6) is 0. The van der Waals surface area contributed by atoms with E-state index >= 15 is 0 Å². The molecule has 0 amide bonds. The lowest BCUT2D eigenvalue weighted by molar-refractivity contribution is -0.722. The third kappa shape index (κ3) is 3.35. The fourth-order valence-corrected chi connectivity index (χ4v) is 4.02. The van der Waals surface area contributed by atoms with Crippen LogP contribution in [-0.4, -0.2) is 0 Å². The second-order valence-corrected chi connectivity index (χ2v) is 6.73. The summed E-state index contributed by atoms with van der Waals surface area (Å²) in [7, 11) is 0. The van der Waals surface area contributed by atoms with E-state index in [1.54, 1.807) is 0 Å². The first-order valence-corrected chi connectivity index (χ1v) is 9.84. The molecular weight excluding hydrogens is 304 g/mol. The number of hydrogen-bond acceptors (Lipinski definition) is 0. The smallest absolute Gasteiger partial charge is 0.271 e. The second-order valence-electron chi connectivity index (χ2n) is 6.73. The number of rotatable bonds is 6. The van der Waals surface area contributed by atoms with Crippen LogP contribution in [0, 0.1) is 12.5 Å². The molecule has 0 aromatic carbocycles. The van der Waals surface area contributed by atoms with Gasteiger partial charge < -0.3 is 0 Å². The lowest BCUT2D eigenvalue weighted by Crippen LogP contribution is -2.45. The summed E-state index contributed by atoms with van der Waals surface area (Å²) in [5.41, 5.74) is 7.25. The Morgan fingerprint density at radius 2 is 1.72 bits per heavy atom. The van der Waals surface area contributed by atoms with Crippen molar-refractivity contribution in [3.8, 4) is 0 Å². The molecule has 0 N–H and O–H groups in total. The van der Waals surface area contributed by atoms with E-state index in [0.29, 0.717) is 0 Å². The Labute approximate surface area is 153 Å². The zero-order valence-corrected chi connectivity index (χ0v) is 16.2. The van der Waals surface area contributed by atoms with Gasteiger partial charge in [-0.05, 0) is 42.4 Å². The van der Waals surface area contributed by atoms with Crippen LogP contribution in [-0.2, 0) is 0 Å². The molecule has 1 aromatic rings. The first-order chi connectivity index (χ1) is 12.2. The molecular formula is C23H31N2+. The van der Waals surface area contributed by atoms with E-state index < -0.39 is 0 Å². The van der Waals surface area contributed by atoms with E-state index in [-0.39, 0.29) is 0 Å². The van der Waals surface area contributed by atoms with Crippen LogP contribution in [0.1, 0.15) is 66.2 Å². The van der Waals surface area contributed by atoms with Crippen LogP contribution in [0.2, 0.25) is 0 Å². The molecule has 0 saturated heterocycles. The van der Waals surface area contributed by atoms with Crippen LogP contribution >= 0.6 is 0 Å². The Hall–Kier alpha value is -2.09. The van der Waals surface area contributed by atoms with Gasteiger partial charge >= 0.3 is 6.33 Å². The quantitative estimate of drug-likeness (QED) is 0.510. The number of nitrogens with zero attached hydrogens (tertiary/aromatic N) is 2. The molecule has 2 aliphatic carbocycles. The maximum Gasteiger partial charge on any atom is 0.301 e. The fourth-order valence-electron chi connectivity index (χ4n) is 4.02. The van der Waals surface area contributed by atoms with E-state index in [2.05, 4.69) is 80.2 Å². The van der Waals surface area contributed by atoms with E-state index in [4.69, 9.17) is 0 Å². The van der Waals surface area contributed by atoms with E-state index in [0.717, 1.165) is 38.5 Å². The Morgan fingerprint density at radius 3 is 2.32 bits per heavy atom. The van der Waals surface area contributed by atoms with E-state index in [9.17, 15) is 0 Å². The highest BCUT2D eigenvalue weighted by Gasteiger charge is 2.26. The van der Waals surface area contributed by atoms with Crippen molar-refractivity contribution in [3.05, 3.63) is 71.7 Å². The summed E-state index contributed by atoms with van der Waals surface area (Å²) in [6.45, 7) is 9.03. The van der Waals surface area contributed by atoms with Gasteiger partial charge in [0.05, 0.1) is 0 Å². The maximum absolute atomic E-state index is 2.38. The standard InChI is InChI=1S/C23H31N2/c1-5-18-11-9-12-19(6-2)22(18)24-15-16-25(17-24)23-20(7-3)13-10-14-21(23)8-4/h11-17H,5-10H2,1-4H3/q+1. The fraction of sp³-hybridized carbons (Fsp3) is 0.435. The van der Waals surface area contributed by atoms with Crippen molar-refractivity contribution < 1.29 is 9.13 Å². The largest absolute Gasteiger partial charge is 0.301 e. The summed E-state index contributed by atoms with van der Waals surface area (Å²) in [6.07, 6.45) is 22.7. The molecule has 1 aromatic heterocycles. The molecule has 0 spiro atoms. The van der Waals surface area contributed by atoms with Crippen molar-refractivity contribution in [3.63, 3.8) is 0 Å². The molecule has 0 aliphatic heterocycles. The Balaban J connectivity index is 2.00. The summed E-state index contributed by atoms with van der Waals surface area (Å²) in [6, 6.07) is 1.38. The van der Waals surface area contributed by atoms with Gasteiger partial charge in [-0.3, -0.25) is 4.57 Å². The molecule has 0 unspecified atom stereocenters. The highest BCUT2D eigenvalue weighted by molar-refractivity contribution is 5.64. The van der Waals surface area contributed by atoms with Crippen LogP contribution in [0.5, 0.6) is 0 Å². The SMILES string of the molecule is CCC1=CC[CH+]C(CC)=C1[n+]1c[n+]([C-]2C(CC)=CCC=C2CC)c[cH-]1. The summed E-state index contributed by atoms with van der Waals surface area (Å²) in [4.78, 5) is 0. The average molecular weight is 336 g/mol. The van der Waals surface area contributed by atoms with Gasteiger partial charge in [-0.25, -0.2) is 4.57 Å². The molecule has 0 bridgehead atoms. The molecule has 3 rings (SSSR count). The van der Waals surface area contributed by atoms with Crippen molar-refractivity contribution in [2.24, 2.45) is 0 Å². The van der Waals surface area contributed by atoms with Gasteiger partial charge in [0.1, 0.15) is 24.1 Å². The first kappa shape index (κ1) is 17.7. The molecule has 132 valence electrons. The predicted octanol–water partition coefficient (Wildman–Crippen LogP) is 5.00. The molecule has 2 heteroatoms. The van der Waals surface area contributed by atoms with E-state index in [1.807, 2.05) is 0 Å². The number of allylic oxidation sites excluding steroid dienone is 8. The molecule has 0 radical (unpaired) electrons. The summed E-state index contributed by atoms with van der Waals surface area (Å²) in [5, 5.41) is 0. The summed E-state index contributed by atoms with van der Waals surface area (Å²) >= 11 is 0. The topological polar surface area (TPSA) is 7.76 Å². The number of aromatic nitrogens is 2. The molecule has 0 atom stereocenters. The van der Waals surface area contributed by atoms with Gasteiger partial charge in [0.25, 0.3) is 0 Å². The number of imidazole rings is 1. The third-order valence-corrected chi connectivity index (χ3v) is 5.35. The zero-order chi connectivity index (χ0) is 17.8. The molecule has 0 saturated carbocycles. The second kappa shape index (κ2) is 7.86. The normalized spacial score (nSPS) is 17.9. The molecule has 25 heavy (non-hydrogen) atoms. The van der Waals surface area contributed by atoms with Crippen LogP contribution in [0.4, 0.5) is 0 Å². The van der Waals surface area contributed by atoms with Crippen molar-refractivity contribution >= 4 is 5.70 Å². The third-order valence-electron chi connectivity index (χ3n) is 5.35. The first-order valence-electron chi connectivity index (χ1n) is 9.84. The van der Waals surface area contributed by atoms with Gasteiger partial charge in [0.15, 0.2) is 0 Å². The zero-order valence-electron chi connectivity index (χ0n) is 16.2. The van der Waals surface area contributed by atoms with Crippen LogP contribution in [0.25, 0.3) is 5.70 Å². The minimum absolute atomic E-state index is 1.07. The van der Waals surface area contributed by atoms with Crippen LogP contribution in [0.3, 0.4) is 0 Å². The number of hydrogen-bond donors (Lipinski definition) is 0. The Morgan fingerprint density at radius 1 is 1.00 bits per heavy atom. The molecule has 1 heterocycles. The van der Waals surface area contributed by atoms with E-state index in [1.165, 1.54) is 34.0 Å². The van der Waals surface area contributed by atoms with Crippen molar-refractivity contribution in [1.29, 1.82) is 0 Å². The summed E-state index contributed by atoms with van der Waals surface area (Å²) < 4.78 is 4.65. The Kier molecular flexibility index (Phi) is 5.57. The van der Waals surface area contributed by atoms with Crippen molar-refractivity contribution in [1.82, 2.24) is 0 Å². The minimum Gasteiger partial charge on any atom is -0.271 e. The van der Waals surface area contributed by atoms with Crippen molar-refractivity contribution in [2.75, 3.05) is 0 Å². The van der Waals surface area contributed by atoms with Crippen LogP contribution < -0.4 is 9.13 Å². The minimum atomic E-state index is 1.07. The van der Waals surface area contributed by atoms with Gasteiger partial charge in [0, 0.05) is 18.4 Å². The average Bonchev–Trinajstić information content (AvgIpc) is 3.15. The Bertz CT molecular complexity index is 720. The lowest BCUT2D eigenvalue weighted by atomic mass is 9.89. The predicted molar refractivity (Wildman–Crippen MR) is 103 cm³/mol. The highest BCUT2D eigenvalue weighted by atomic mass is 15.1. The monoisotopic (exact) mass is 335 g/mol. The molecule has 2 aliphatic rings. The highest BCUT2D eigenvalue weighted by Crippen LogP contribution is 2.30. The van der Waals surface area contributed by atoms with Gasteiger partial charge in [-0.1, -0.05) is 40.2 Å². The van der Waals surface area contributed by atoms with Gasteiger partial charge in [0.2, 0.25) is 0 Å². The lowest BCUT2D eigenvalue weighted by Gasteiger charge is -2.24. The van der Waals surface area contributed by atoms with Gasteiger partial charge in [-0.2, -0.15) is 0 Å². The molecule has 0 fully saturated rings. The van der Waals surface area contributed by atoms with Crippen LogP contribution in [0.15, 0.2) is 59.2 Å². The van der Waals surface area contributed by atoms with Crippen molar-refractivity contribution in [2.45, 2.75) is 66.2 Å². The van der Waals surface area contributed by atoms with Gasteiger partial charge in [-0.15, -0.1) is 12.2 Å². The maximum atomic E-state index is 2.38.